The number of rotatable bonds is 12. The molecular formula is C20H25F2O3P. The Hall–Kier alpha value is -1.55. The highest BCUT2D eigenvalue weighted by atomic mass is 31.1. The van der Waals surface area contributed by atoms with Gasteiger partial charge in [0, 0.05) is 0 Å². The molecule has 26 heavy (non-hydrogen) atoms. The first-order chi connectivity index (χ1) is 12.6. The summed E-state index contributed by atoms with van der Waals surface area (Å²) in [5, 5.41) is 0. The minimum atomic E-state index is -2.44. The van der Waals surface area contributed by atoms with E-state index in [1.807, 2.05) is 0 Å². The lowest BCUT2D eigenvalue weighted by Crippen LogP contribution is -1.94. The maximum Gasteiger partial charge on any atom is 0.319 e. The van der Waals surface area contributed by atoms with Gasteiger partial charge in [-0.15, -0.1) is 0 Å². The summed E-state index contributed by atoms with van der Waals surface area (Å²) >= 11 is 0. The highest BCUT2D eigenvalue weighted by Gasteiger charge is 2.01. The van der Waals surface area contributed by atoms with Crippen molar-refractivity contribution in [3.05, 3.63) is 71.3 Å². The molecule has 0 saturated carbocycles. The largest absolute Gasteiger partial charge is 0.319 e. The Balaban J connectivity index is 1.45. The van der Waals surface area contributed by atoms with Crippen molar-refractivity contribution in [2.24, 2.45) is 0 Å². The molecule has 6 heteroatoms. The summed E-state index contributed by atoms with van der Waals surface area (Å²) in [6, 6.07) is 12.9. The predicted octanol–water partition coefficient (Wildman–Crippen LogP) is 5.73. The molecule has 0 spiro atoms. The minimum Gasteiger partial charge on any atom is -0.311 e. The zero-order valence-corrected chi connectivity index (χ0v) is 15.8. The predicted molar refractivity (Wildman–Crippen MR) is 99.6 cm³/mol. The zero-order valence-electron chi connectivity index (χ0n) is 14.8. The van der Waals surface area contributed by atoms with Gasteiger partial charge in [-0.3, -0.25) is 4.57 Å². The van der Waals surface area contributed by atoms with Crippen molar-refractivity contribution in [3.8, 4) is 0 Å². The van der Waals surface area contributed by atoms with Crippen LogP contribution in [0, 0.1) is 11.6 Å². The van der Waals surface area contributed by atoms with Crippen LogP contribution < -0.4 is 0 Å². The van der Waals surface area contributed by atoms with Crippen LogP contribution in [-0.2, 0) is 26.5 Å². The monoisotopic (exact) mass is 382 g/mol. The lowest BCUT2D eigenvalue weighted by Gasteiger charge is -2.06. The third-order valence-corrected chi connectivity index (χ3v) is 4.87. The van der Waals surface area contributed by atoms with Crippen molar-refractivity contribution < 1.29 is 22.4 Å². The first-order valence-corrected chi connectivity index (χ1v) is 10.1. The van der Waals surface area contributed by atoms with Crippen LogP contribution in [-0.4, -0.2) is 13.2 Å². The molecule has 0 N–H and O–H groups in total. The van der Waals surface area contributed by atoms with Crippen molar-refractivity contribution in [2.75, 3.05) is 13.2 Å². The molecule has 0 fully saturated rings. The van der Waals surface area contributed by atoms with Gasteiger partial charge in [0.15, 0.2) is 0 Å². The first kappa shape index (κ1) is 20.8. The molecule has 0 aliphatic heterocycles. The van der Waals surface area contributed by atoms with E-state index in [-0.39, 0.29) is 11.6 Å². The summed E-state index contributed by atoms with van der Waals surface area (Å²) in [5.41, 5.74) is 2.16. The number of benzene rings is 2. The highest BCUT2D eigenvalue weighted by Crippen LogP contribution is 2.24. The van der Waals surface area contributed by atoms with Crippen molar-refractivity contribution in [2.45, 2.75) is 38.5 Å². The molecule has 0 heterocycles. The van der Waals surface area contributed by atoms with Crippen LogP contribution in [0.3, 0.4) is 0 Å². The molecule has 0 bridgehead atoms. The van der Waals surface area contributed by atoms with Gasteiger partial charge in [0.2, 0.25) is 0 Å². The van der Waals surface area contributed by atoms with Crippen LogP contribution in [0.5, 0.6) is 0 Å². The third kappa shape index (κ3) is 8.70. The van der Waals surface area contributed by atoms with E-state index >= 15 is 0 Å². The highest BCUT2D eigenvalue weighted by molar-refractivity contribution is 7.33. The third-order valence-electron chi connectivity index (χ3n) is 3.99. The molecular weight excluding hydrogens is 357 g/mol. The average molecular weight is 382 g/mol. The fourth-order valence-electron chi connectivity index (χ4n) is 2.52. The van der Waals surface area contributed by atoms with Crippen LogP contribution in [0.25, 0.3) is 0 Å². The van der Waals surface area contributed by atoms with Crippen molar-refractivity contribution in [3.63, 3.8) is 0 Å². The van der Waals surface area contributed by atoms with Crippen LogP contribution in [0.15, 0.2) is 48.5 Å². The molecule has 2 rings (SSSR count). The van der Waals surface area contributed by atoms with Gasteiger partial charge < -0.3 is 9.05 Å². The summed E-state index contributed by atoms with van der Waals surface area (Å²) in [6.07, 6.45) is 5.02. The van der Waals surface area contributed by atoms with E-state index < -0.39 is 8.25 Å². The quantitative estimate of drug-likeness (QED) is 0.347. The van der Waals surface area contributed by atoms with Crippen molar-refractivity contribution in [1.82, 2.24) is 0 Å². The van der Waals surface area contributed by atoms with Crippen molar-refractivity contribution in [1.29, 1.82) is 0 Å². The zero-order chi connectivity index (χ0) is 18.6. The second-order valence-corrected chi connectivity index (χ2v) is 7.19. The molecule has 2 aromatic carbocycles. The summed E-state index contributed by atoms with van der Waals surface area (Å²) in [7, 11) is -2.44. The maximum atomic E-state index is 12.8. The molecule has 142 valence electrons. The molecule has 0 aliphatic rings. The van der Waals surface area contributed by atoms with E-state index in [1.165, 1.54) is 24.3 Å². The molecule has 0 amide bonds. The summed E-state index contributed by atoms with van der Waals surface area (Å²) < 4.78 is 47.6. The van der Waals surface area contributed by atoms with E-state index in [0.717, 1.165) is 49.7 Å². The lowest BCUT2D eigenvalue weighted by molar-refractivity contribution is 0.219. The minimum absolute atomic E-state index is 0.231. The second kappa shape index (κ2) is 11.9. The summed E-state index contributed by atoms with van der Waals surface area (Å²) in [5.74, 6) is -0.462. The second-order valence-electron chi connectivity index (χ2n) is 6.11. The fraction of sp³-hybridized carbons (Fsp3) is 0.400. The molecule has 2 aromatic rings. The molecule has 0 unspecified atom stereocenters. The number of aryl methyl sites for hydroxylation is 2. The topological polar surface area (TPSA) is 35.5 Å². The molecule has 0 aliphatic carbocycles. The van der Waals surface area contributed by atoms with Crippen LogP contribution in [0.2, 0.25) is 0 Å². The summed E-state index contributed by atoms with van der Waals surface area (Å²) in [4.78, 5) is 0. The summed E-state index contributed by atoms with van der Waals surface area (Å²) in [6.45, 7) is 0.795. The Bertz CT molecular complexity index is 602. The van der Waals surface area contributed by atoms with Gasteiger partial charge in [0.1, 0.15) is 11.6 Å². The van der Waals surface area contributed by atoms with Crippen LogP contribution >= 0.6 is 8.25 Å². The van der Waals surface area contributed by atoms with Crippen LogP contribution in [0.1, 0.15) is 36.8 Å². The van der Waals surface area contributed by atoms with Gasteiger partial charge in [-0.05, 0) is 73.9 Å². The van der Waals surface area contributed by atoms with E-state index in [0.29, 0.717) is 13.2 Å². The van der Waals surface area contributed by atoms with E-state index in [9.17, 15) is 13.3 Å². The SMILES string of the molecule is O=[PH](OCCCCc1ccc(F)cc1)OCCCCc1ccc(F)cc1. The maximum absolute atomic E-state index is 12.8. The fourth-order valence-corrected chi connectivity index (χ4v) is 3.22. The van der Waals surface area contributed by atoms with Gasteiger partial charge in [-0.25, -0.2) is 8.78 Å². The lowest BCUT2D eigenvalue weighted by atomic mass is 10.1. The Kier molecular flexibility index (Phi) is 9.54. The van der Waals surface area contributed by atoms with E-state index in [4.69, 9.17) is 9.05 Å². The molecule has 0 saturated heterocycles. The van der Waals surface area contributed by atoms with Gasteiger partial charge in [0.25, 0.3) is 0 Å². The van der Waals surface area contributed by atoms with Gasteiger partial charge in [-0.1, -0.05) is 24.3 Å². The Morgan fingerprint density at radius 2 is 1.04 bits per heavy atom. The molecule has 0 radical (unpaired) electrons. The number of hydrogen-bond acceptors (Lipinski definition) is 3. The van der Waals surface area contributed by atoms with Crippen molar-refractivity contribution >= 4 is 8.25 Å². The first-order valence-electron chi connectivity index (χ1n) is 8.92. The number of hydrogen-bond donors (Lipinski definition) is 0. The number of halogens is 2. The standard InChI is InChI=1S/C20H25F2O3P/c21-19-11-7-17(8-12-19)5-1-3-15-24-26(23)25-16-4-2-6-18-9-13-20(22)14-10-18/h7-14,26H,1-6,15-16H2. The van der Waals surface area contributed by atoms with Gasteiger partial charge in [0.05, 0.1) is 13.2 Å². The molecule has 3 nitrogen and oxygen atoms in total. The smallest absolute Gasteiger partial charge is 0.311 e. The Labute approximate surface area is 154 Å². The molecule has 0 atom stereocenters. The normalized spacial score (nSPS) is 11.2. The van der Waals surface area contributed by atoms with Gasteiger partial charge in [-0.2, -0.15) is 0 Å². The van der Waals surface area contributed by atoms with E-state index in [1.54, 1.807) is 24.3 Å². The van der Waals surface area contributed by atoms with Gasteiger partial charge >= 0.3 is 8.25 Å². The average Bonchev–Trinajstić information content (AvgIpc) is 2.64. The number of unbranched alkanes of at least 4 members (excludes halogenated alkanes) is 2. The Morgan fingerprint density at radius 1 is 0.654 bits per heavy atom. The molecule has 0 aromatic heterocycles. The Morgan fingerprint density at radius 3 is 1.42 bits per heavy atom. The van der Waals surface area contributed by atoms with E-state index in [2.05, 4.69) is 0 Å². The van der Waals surface area contributed by atoms with Crippen LogP contribution in [0.4, 0.5) is 8.78 Å².